The number of ether oxygens (including phenoxy) is 2. The van der Waals surface area contributed by atoms with Crippen molar-refractivity contribution in [3.63, 3.8) is 0 Å². The number of amides is 2. The van der Waals surface area contributed by atoms with E-state index in [1.54, 1.807) is 23.1 Å². The number of rotatable bonds is 3. The molecule has 0 radical (unpaired) electrons. The first kappa shape index (κ1) is 14.9. The predicted molar refractivity (Wildman–Crippen MR) is 76.9 cm³/mol. The second kappa shape index (κ2) is 6.80. The highest BCUT2D eigenvalue weighted by Crippen LogP contribution is 2.26. The van der Waals surface area contributed by atoms with Gasteiger partial charge in [-0.2, -0.15) is 0 Å². The van der Waals surface area contributed by atoms with E-state index in [-0.39, 0.29) is 11.9 Å². The maximum atomic E-state index is 12.1. The lowest BCUT2D eigenvalue weighted by molar-refractivity contribution is 0.0564. The van der Waals surface area contributed by atoms with Gasteiger partial charge in [-0.25, -0.2) is 4.79 Å². The lowest BCUT2D eigenvalue weighted by atomic mass is 10.1. The van der Waals surface area contributed by atoms with Crippen LogP contribution < -0.4 is 15.8 Å². The van der Waals surface area contributed by atoms with Gasteiger partial charge in [-0.1, -0.05) is 5.16 Å². The van der Waals surface area contributed by atoms with Gasteiger partial charge in [0.15, 0.2) is 5.84 Å². The van der Waals surface area contributed by atoms with Gasteiger partial charge in [0.25, 0.3) is 0 Å². The molecule has 21 heavy (non-hydrogen) atoms. The number of morpholine rings is 1. The monoisotopic (exact) mass is 294 g/mol. The molecule has 0 bridgehead atoms. The van der Waals surface area contributed by atoms with E-state index in [2.05, 4.69) is 10.5 Å². The van der Waals surface area contributed by atoms with E-state index in [4.69, 9.17) is 20.4 Å². The topological polar surface area (TPSA) is 109 Å². The van der Waals surface area contributed by atoms with E-state index < -0.39 is 0 Å². The first-order chi connectivity index (χ1) is 10.2. The van der Waals surface area contributed by atoms with E-state index in [0.717, 1.165) is 0 Å². The molecule has 2 amide bonds. The van der Waals surface area contributed by atoms with Gasteiger partial charge >= 0.3 is 6.03 Å². The normalized spacial score (nSPS) is 15.7. The van der Waals surface area contributed by atoms with E-state index in [1.165, 1.54) is 7.11 Å². The number of oxime groups is 1. The second-order valence-electron chi connectivity index (χ2n) is 4.43. The Hall–Kier alpha value is -2.48. The molecule has 0 aliphatic carbocycles. The van der Waals surface area contributed by atoms with Crippen LogP contribution in [-0.4, -0.2) is 55.4 Å². The van der Waals surface area contributed by atoms with Crippen LogP contribution in [0.1, 0.15) is 5.56 Å². The highest BCUT2D eigenvalue weighted by molar-refractivity contribution is 5.99. The quantitative estimate of drug-likeness (QED) is 0.328. The van der Waals surface area contributed by atoms with Crippen LogP contribution in [0.2, 0.25) is 0 Å². The number of nitrogens with two attached hydrogens (primary N) is 1. The summed E-state index contributed by atoms with van der Waals surface area (Å²) in [5.74, 6) is 0.403. The third kappa shape index (κ3) is 3.54. The van der Waals surface area contributed by atoms with Gasteiger partial charge in [0, 0.05) is 18.7 Å². The molecule has 1 aromatic carbocycles. The molecular weight excluding hydrogens is 276 g/mol. The number of carbonyl (C=O) groups excluding carboxylic acids is 1. The average Bonchev–Trinajstić information content (AvgIpc) is 2.55. The van der Waals surface area contributed by atoms with Crippen LogP contribution in [0.25, 0.3) is 0 Å². The number of carbonyl (C=O) groups is 1. The summed E-state index contributed by atoms with van der Waals surface area (Å²) < 4.78 is 10.4. The number of amidine groups is 1. The van der Waals surface area contributed by atoms with Gasteiger partial charge < -0.3 is 30.6 Å². The van der Waals surface area contributed by atoms with Gasteiger partial charge in [0.1, 0.15) is 5.75 Å². The Kier molecular flexibility index (Phi) is 4.83. The van der Waals surface area contributed by atoms with Crippen LogP contribution >= 0.6 is 0 Å². The van der Waals surface area contributed by atoms with Gasteiger partial charge in [-0.05, 0) is 18.2 Å². The molecule has 0 saturated carbocycles. The van der Waals surface area contributed by atoms with Crippen molar-refractivity contribution in [3.8, 4) is 5.75 Å². The number of hydrogen-bond acceptors (Lipinski definition) is 5. The molecule has 8 nitrogen and oxygen atoms in total. The summed E-state index contributed by atoms with van der Waals surface area (Å²) in [6, 6.07) is 4.65. The average molecular weight is 294 g/mol. The smallest absolute Gasteiger partial charge is 0.322 e. The zero-order valence-electron chi connectivity index (χ0n) is 11.7. The van der Waals surface area contributed by atoms with Gasteiger partial charge in [0.05, 0.1) is 26.0 Å². The molecule has 0 aromatic heterocycles. The van der Waals surface area contributed by atoms with Crippen LogP contribution in [0.5, 0.6) is 5.75 Å². The van der Waals surface area contributed by atoms with Crippen LogP contribution in [0, 0.1) is 0 Å². The minimum atomic E-state index is -0.215. The van der Waals surface area contributed by atoms with E-state index >= 15 is 0 Å². The molecule has 1 aliphatic heterocycles. The van der Waals surface area contributed by atoms with Crippen molar-refractivity contribution in [2.75, 3.05) is 38.7 Å². The number of nitrogens with zero attached hydrogens (tertiary/aromatic N) is 2. The molecule has 0 unspecified atom stereocenters. The Bertz CT molecular complexity index is 541. The van der Waals surface area contributed by atoms with Gasteiger partial charge in [-0.3, -0.25) is 0 Å². The van der Waals surface area contributed by atoms with E-state index in [1.807, 2.05) is 0 Å². The molecule has 2 rings (SSSR count). The Morgan fingerprint density at radius 2 is 2.19 bits per heavy atom. The van der Waals surface area contributed by atoms with Crippen LogP contribution in [0.15, 0.2) is 23.4 Å². The molecule has 8 heteroatoms. The van der Waals surface area contributed by atoms with Crippen LogP contribution in [0.3, 0.4) is 0 Å². The molecule has 1 fully saturated rings. The summed E-state index contributed by atoms with van der Waals surface area (Å²) in [5, 5.41) is 14.4. The van der Waals surface area contributed by atoms with Gasteiger partial charge in [0.2, 0.25) is 0 Å². The summed E-state index contributed by atoms with van der Waals surface area (Å²) in [6.45, 7) is 2.17. The van der Waals surface area contributed by atoms with Crippen LogP contribution in [-0.2, 0) is 4.74 Å². The zero-order valence-corrected chi connectivity index (χ0v) is 11.7. The lowest BCUT2D eigenvalue weighted by Gasteiger charge is -2.27. The third-order valence-corrected chi connectivity index (χ3v) is 3.14. The Labute approximate surface area is 122 Å². The largest absolute Gasteiger partial charge is 0.495 e. The SMILES string of the molecule is COc1cc(/C(N)=N/O)ccc1NC(=O)N1CCOCC1. The van der Waals surface area contributed by atoms with Crippen molar-refractivity contribution in [2.45, 2.75) is 0 Å². The molecule has 0 spiro atoms. The standard InChI is InChI=1S/C13H18N4O4/c1-20-11-8-9(12(14)16-19)2-3-10(11)15-13(18)17-4-6-21-7-5-17/h2-3,8,19H,4-7H2,1H3,(H2,14,16)(H,15,18). The van der Waals surface area contributed by atoms with Crippen molar-refractivity contribution in [1.29, 1.82) is 0 Å². The number of methoxy groups -OCH3 is 1. The summed E-state index contributed by atoms with van der Waals surface area (Å²) in [4.78, 5) is 13.8. The summed E-state index contributed by atoms with van der Waals surface area (Å²) >= 11 is 0. The number of urea groups is 1. The Morgan fingerprint density at radius 3 is 2.81 bits per heavy atom. The highest BCUT2D eigenvalue weighted by atomic mass is 16.5. The minimum Gasteiger partial charge on any atom is -0.495 e. The van der Waals surface area contributed by atoms with E-state index in [0.29, 0.717) is 43.3 Å². The summed E-state index contributed by atoms with van der Waals surface area (Å²) in [6.07, 6.45) is 0. The molecule has 1 saturated heterocycles. The molecule has 4 N–H and O–H groups in total. The molecule has 1 aliphatic rings. The lowest BCUT2D eigenvalue weighted by Crippen LogP contribution is -2.43. The Morgan fingerprint density at radius 1 is 1.48 bits per heavy atom. The Balaban J connectivity index is 2.13. The number of benzene rings is 1. The minimum absolute atomic E-state index is 0.0284. The maximum absolute atomic E-state index is 12.1. The highest BCUT2D eigenvalue weighted by Gasteiger charge is 2.18. The zero-order chi connectivity index (χ0) is 15.2. The van der Waals surface area contributed by atoms with Gasteiger partial charge in [-0.15, -0.1) is 0 Å². The van der Waals surface area contributed by atoms with E-state index in [9.17, 15) is 4.79 Å². The predicted octanol–water partition coefficient (Wildman–Crippen LogP) is 0.654. The molecule has 1 aromatic rings. The van der Waals surface area contributed by atoms with Crippen molar-refractivity contribution in [1.82, 2.24) is 4.90 Å². The molecular formula is C13H18N4O4. The fraction of sp³-hybridized carbons (Fsp3) is 0.385. The number of nitrogens with one attached hydrogen (secondary N) is 1. The van der Waals surface area contributed by atoms with Crippen molar-refractivity contribution in [3.05, 3.63) is 23.8 Å². The molecule has 1 heterocycles. The van der Waals surface area contributed by atoms with Crippen molar-refractivity contribution in [2.24, 2.45) is 10.9 Å². The molecule has 0 atom stereocenters. The summed E-state index contributed by atoms with van der Waals surface area (Å²) in [5.41, 5.74) is 6.54. The maximum Gasteiger partial charge on any atom is 0.322 e. The van der Waals surface area contributed by atoms with Crippen LogP contribution in [0.4, 0.5) is 10.5 Å². The first-order valence-electron chi connectivity index (χ1n) is 6.45. The summed E-state index contributed by atoms with van der Waals surface area (Å²) in [7, 11) is 1.48. The van der Waals surface area contributed by atoms with Crippen molar-refractivity contribution < 1.29 is 19.5 Å². The molecule has 114 valence electrons. The second-order valence-corrected chi connectivity index (χ2v) is 4.43. The third-order valence-electron chi connectivity index (χ3n) is 3.14. The first-order valence-corrected chi connectivity index (χ1v) is 6.45. The fourth-order valence-corrected chi connectivity index (χ4v) is 1.97. The fourth-order valence-electron chi connectivity index (χ4n) is 1.97. The number of anilines is 1. The number of hydrogen-bond donors (Lipinski definition) is 3. The van der Waals surface area contributed by atoms with Crippen molar-refractivity contribution >= 4 is 17.6 Å².